The molecule has 0 radical (unpaired) electrons. The van der Waals surface area contributed by atoms with E-state index in [4.69, 9.17) is 6.11 Å². The fraction of sp³-hybridized carbons (Fsp3) is 0.250. The highest BCUT2D eigenvalue weighted by Crippen LogP contribution is 2.36. The van der Waals surface area contributed by atoms with Crippen LogP contribution in [0.4, 0.5) is 0 Å². The van der Waals surface area contributed by atoms with Gasteiger partial charge in [-0.15, -0.1) is 0 Å². The van der Waals surface area contributed by atoms with E-state index in [2.05, 4.69) is 17.6 Å². The summed E-state index contributed by atoms with van der Waals surface area (Å²) >= 11 is 3.53. The van der Waals surface area contributed by atoms with Crippen molar-refractivity contribution in [1.82, 2.24) is 9.55 Å². The molecule has 0 aliphatic carbocycles. The first-order valence-corrected chi connectivity index (χ1v) is 9.29. The molecule has 3 aromatic rings. The molecule has 5 rings (SSSR count). The molecule has 7 heteroatoms. The number of carbonyl (C=O) groups excluding carboxylic acids is 1. The minimum atomic E-state index is -1.88. The van der Waals surface area contributed by atoms with Crippen molar-refractivity contribution < 1.29 is 16.0 Å². The Kier molecular flexibility index (Phi) is 3.80. The second kappa shape index (κ2) is 6.21. The molecule has 1 aromatic carbocycles. The Balaban J connectivity index is 0.000000932. The van der Waals surface area contributed by atoms with Crippen LogP contribution in [0.5, 0.6) is 0 Å². The van der Waals surface area contributed by atoms with Gasteiger partial charge in [0.25, 0.3) is 5.56 Å². The van der Waals surface area contributed by atoms with Gasteiger partial charge in [-0.3, -0.25) is 4.79 Å². The fourth-order valence-corrected chi connectivity index (χ4v) is 3.58. The Labute approximate surface area is 162 Å². The number of thiol groups is 1. The van der Waals surface area contributed by atoms with Crippen LogP contribution in [0, 0.1) is 0 Å². The Hall–Kier alpha value is -2.64. The van der Waals surface area contributed by atoms with Gasteiger partial charge in [-0.25, -0.2) is 9.78 Å². The molecule has 2 aliphatic rings. The Bertz CT molecular complexity index is 1200. The van der Waals surface area contributed by atoms with Crippen LogP contribution in [0.15, 0.2) is 41.2 Å². The van der Waals surface area contributed by atoms with Gasteiger partial charge in [0.2, 0.25) is 0 Å². The number of para-hydroxylation sites is 1. The number of rotatable bonds is 0. The lowest BCUT2D eigenvalue weighted by Gasteiger charge is -2.29. The molecule has 0 saturated carbocycles. The number of benzene rings is 1. The zero-order valence-electron chi connectivity index (χ0n) is 15.8. The van der Waals surface area contributed by atoms with Crippen molar-refractivity contribution in [2.75, 3.05) is 6.26 Å². The van der Waals surface area contributed by atoms with Crippen LogP contribution in [-0.4, -0.2) is 26.9 Å². The molecule has 0 spiro atoms. The van der Waals surface area contributed by atoms with Crippen LogP contribution >= 0.6 is 12.6 Å². The summed E-state index contributed by atoms with van der Waals surface area (Å²) in [5.74, 6) is -0.778. The van der Waals surface area contributed by atoms with E-state index < -0.39 is 11.6 Å². The summed E-state index contributed by atoms with van der Waals surface area (Å²) in [6.07, 6.45) is 1.69. The van der Waals surface area contributed by atoms with Crippen molar-refractivity contribution in [1.29, 1.82) is 0 Å². The number of esters is 1. The summed E-state index contributed by atoms with van der Waals surface area (Å²) in [6, 6.07) is 9.31. The normalized spacial score (nSPS) is 20.0. The smallest absolute Gasteiger partial charge is 0.342 e. The predicted octanol–water partition coefficient (Wildman–Crippen LogP) is 2.24. The van der Waals surface area contributed by atoms with Crippen molar-refractivity contribution >= 4 is 29.5 Å². The Morgan fingerprint density at radius 2 is 2.07 bits per heavy atom. The Morgan fingerprint density at radius 1 is 1.33 bits per heavy atom. The number of hydrogen-bond acceptors (Lipinski definition) is 6. The number of aliphatic hydroxyl groups is 1. The number of aromatic nitrogens is 2. The summed E-state index contributed by atoms with van der Waals surface area (Å²) < 4.78 is 15.0. The maximum absolute atomic E-state index is 12.9. The van der Waals surface area contributed by atoms with Gasteiger partial charge >= 0.3 is 5.97 Å². The van der Waals surface area contributed by atoms with E-state index in [9.17, 15) is 14.7 Å². The molecule has 1 atom stereocenters. The highest BCUT2D eigenvalue weighted by Gasteiger charge is 2.42. The first-order valence-electron chi connectivity index (χ1n) is 8.89. The van der Waals surface area contributed by atoms with Crippen molar-refractivity contribution in [3.63, 3.8) is 0 Å². The first-order chi connectivity index (χ1) is 13.4. The van der Waals surface area contributed by atoms with Crippen LogP contribution in [0.25, 0.3) is 22.3 Å². The molecule has 0 amide bonds. The molecule has 4 heterocycles. The molecule has 0 bridgehead atoms. The number of fused-ring (bicyclic) bond motifs is 5. The van der Waals surface area contributed by atoms with Gasteiger partial charge in [-0.1, -0.05) is 18.2 Å². The number of ether oxygens (including phenoxy) is 1. The topological polar surface area (TPSA) is 81.4 Å². The van der Waals surface area contributed by atoms with E-state index in [1.54, 1.807) is 12.3 Å². The largest absolute Gasteiger partial charge is 0.458 e. The van der Waals surface area contributed by atoms with Gasteiger partial charge in [-0.05, 0) is 31.4 Å². The molecule has 0 unspecified atom stereocenters. The second-order valence-electron chi connectivity index (χ2n) is 6.54. The minimum Gasteiger partial charge on any atom is -0.458 e. The lowest BCUT2D eigenvalue weighted by molar-refractivity contribution is -0.169. The summed E-state index contributed by atoms with van der Waals surface area (Å²) in [6.45, 7) is 1.40. The van der Waals surface area contributed by atoms with E-state index in [0.717, 1.165) is 5.39 Å². The molecule has 138 valence electrons. The summed E-state index contributed by atoms with van der Waals surface area (Å²) in [4.78, 5) is 29.5. The molecular weight excluding hydrogens is 364 g/mol. The minimum absolute atomic E-state index is 0.164. The third-order valence-electron chi connectivity index (χ3n) is 4.94. The van der Waals surface area contributed by atoms with E-state index in [-0.39, 0.29) is 29.8 Å². The molecule has 2 aromatic heterocycles. The average molecular weight is 384 g/mol. The van der Waals surface area contributed by atoms with Gasteiger partial charge in [0, 0.05) is 16.5 Å². The number of cyclic esters (lactones) is 1. The maximum atomic E-state index is 12.9. The Morgan fingerprint density at radius 3 is 2.85 bits per heavy atom. The van der Waals surface area contributed by atoms with E-state index in [0.29, 0.717) is 28.5 Å². The SMILES string of the molecule is CS.[3H]c1c2c(nc3ccccc13)-c1cc3c(c(=O)n1C2)COC(=O)[C@@]3(C)O. The molecular formula is C20H18N2O4S. The predicted molar refractivity (Wildman–Crippen MR) is 105 cm³/mol. The second-order valence-corrected chi connectivity index (χ2v) is 6.54. The molecule has 0 fully saturated rings. The quantitative estimate of drug-likeness (QED) is 0.359. The summed E-state index contributed by atoms with van der Waals surface area (Å²) in [7, 11) is 0. The van der Waals surface area contributed by atoms with Gasteiger partial charge in [0.1, 0.15) is 6.61 Å². The van der Waals surface area contributed by atoms with Crippen LogP contribution in [0.2, 0.25) is 0 Å². The molecule has 2 aliphatic heterocycles. The monoisotopic (exact) mass is 384 g/mol. The first kappa shape index (κ1) is 16.5. The molecule has 27 heavy (non-hydrogen) atoms. The van der Waals surface area contributed by atoms with Crippen molar-refractivity contribution in [3.8, 4) is 11.4 Å². The summed E-state index contributed by atoms with van der Waals surface area (Å²) in [5, 5.41) is 11.3. The van der Waals surface area contributed by atoms with Gasteiger partial charge in [0.05, 0.1) is 30.4 Å². The van der Waals surface area contributed by atoms with E-state index in [1.165, 1.54) is 11.5 Å². The van der Waals surface area contributed by atoms with Crippen LogP contribution < -0.4 is 5.56 Å². The summed E-state index contributed by atoms with van der Waals surface area (Å²) in [5.41, 5.74) is 0.692. The maximum Gasteiger partial charge on any atom is 0.342 e. The average Bonchev–Trinajstić information content (AvgIpc) is 3.07. The van der Waals surface area contributed by atoms with Crippen molar-refractivity contribution in [2.45, 2.75) is 25.7 Å². The van der Waals surface area contributed by atoms with E-state index >= 15 is 0 Å². The number of carbonyl (C=O) groups is 1. The number of pyridine rings is 2. The molecule has 0 saturated heterocycles. The van der Waals surface area contributed by atoms with Crippen molar-refractivity contribution in [2.24, 2.45) is 0 Å². The fourth-order valence-electron chi connectivity index (χ4n) is 3.58. The third-order valence-corrected chi connectivity index (χ3v) is 4.94. The zero-order valence-corrected chi connectivity index (χ0v) is 15.7. The van der Waals surface area contributed by atoms with Crippen molar-refractivity contribution in [3.05, 3.63) is 63.4 Å². The number of hydrogen-bond donors (Lipinski definition) is 2. The van der Waals surface area contributed by atoms with Gasteiger partial charge in [0.15, 0.2) is 5.60 Å². The van der Waals surface area contributed by atoms with E-state index in [1.807, 2.05) is 24.3 Å². The lowest BCUT2D eigenvalue weighted by atomic mass is 9.90. The highest BCUT2D eigenvalue weighted by molar-refractivity contribution is 7.79. The van der Waals surface area contributed by atoms with Gasteiger partial charge in [-0.2, -0.15) is 12.6 Å². The van der Waals surface area contributed by atoms with Gasteiger partial charge < -0.3 is 14.4 Å². The van der Waals surface area contributed by atoms with Crippen LogP contribution in [-0.2, 0) is 28.3 Å². The number of nitrogens with zero attached hydrogens (tertiary/aromatic N) is 2. The standard InChI is InChI=1S/C19H14N2O4.CH4S/c1-19(24)13-7-15-16-11(6-10-4-2-3-5-14(10)20-16)8-21(15)17(22)12(13)9-25-18(19)23;1-2/h2-7,24H,8-9H2,1H3;2H,1H3/t19-;/m0./s1/i6T;. The molecule has 1 N–H and O–H groups in total. The highest BCUT2D eigenvalue weighted by atomic mass is 32.1. The van der Waals surface area contributed by atoms with Crippen LogP contribution in [0.3, 0.4) is 0 Å². The zero-order chi connectivity index (χ0) is 20.2. The molecule has 6 nitrogen and oxygen atoms in total. The lowest BCUT2D eigenvalue weighted by Crippen LogP contribution is -2.42. The van der Waals surface area contributed by atoms with Crippen LogP contribution in [0.1, 0.15) is 25.0 Å². The third kappa shape index (κ3) is 2.49.